The van der Waals surface area contributed by atoms with Crippen LogP contribution in [0.2, 0.25) is 5.02 Å². The fraction of sp³-hybridized carbons (Fsp3) is 0.568. The van der Waals surface area contributed by atoms with Gasteiger partial charge in [0.1, 0.15) is 0 Å². The largest absolute Gasteiger partial charge is 0.397 e. The first kappa shape index (κ1) is 33.8. The molecule has 49 heavy (non-hydrogen) atoms. The minimum absolute atomic E-state index is 0.0273. The summed E-state index contributed by atoms with van der Waals surface area (Å²) in [5.74, 6) is 0.0705. The third-order valence-corrected chi connectivity index (χ3v) is 11.9. The van der Waals surface area contributed by atoms with Crippen LogP contribution in [0.1, 0.15) is 62.6 Å². The number of piperidine rings is 2. The number of likely N-dealkylation sites (N-methyl/N-ethyl adjacent to an activating group) is 1. The number of aromatic nitrogens is 3. The van der Waals surface area contributed by atoms with Crippen molar-refractivity contribution in [2.45, 2.75) is 82.5 Å². The first-order valence-corrected chi connectivity index (χ1v) is 18.4. The highest BCUT2D eigenvalue weighted by Gasteiger charge is 2.45. The number of hydrogen-bond acceptors (Lipinski definition) is 7. The number of benzene rings is 2. The van der Waals surface area contributed by atoms with Gasteiger partial charge in [0.15, 0.2) is 5.82 Å². The summed E-state index contributed by atoms with van der Waals surface area (Å²) in [5, 5.41) is 5.08. The number of nitrogens with two attached hydrogens (primary N) is 1. The van der Waals surface area contributed by atoms with E-state index in [9.17, 15) is 14.4 Å². The molecule has 4 aliphatic heterocycles. The molecule has 0 spiro atoms. The van der Waals surface area contributed by atoms with Crippen LogP contribution in [0.4, 0.5) is 5.69 Å². The van der Waals surface area contributed by atoms with Gasteiger partial charge in [-0.2, -0.15) is 0 Å². The Morgan fingerprint density at radius 2 is 1.65 bits per heavy atom. The first-order chi connectivity index (χ1) is 23.7. The van der Waals surface area contributed by atoms with Crippen molar-refractivity contribution in [3.05, 3.63) is 69.1 Å². The normalized spacial score (nSPS) is 23.0. The molecule has 5 heterocycles. The summed E-state index contributed by atoms with van der Waals surface area (Å²) in [6.07, 6.45) is 5.75. The summed E-state index contributed by atoms with van der Waals surface area (Å²) in [7, 11) is 2.23. The van der Waals surface area contributed by atoms with Crippen LogP contribution >= 0.6 is 11.6 Å². The molecule has 0 saturated carbocycles. The topological polar surface area (TPSA) is 124 Å². The van der Waals surface area contributed by atoms with Gasteiger partial charge in [0, 0.05) is 69.4 Å². The number of amides is 2. The molecule has 2 aromatic carbocycles. The van der Waals surface area contributed by atoms with E-state index in [0.29, 0.717) is 67.0 Å². The van der Waals surface area contributed by atoms with Gasteiger partial charge in [-0.3, -0.25) is 19.5 Å². The summed E-state index contributed by atoms with van der Waals surface area (Å²) >= 11 is 6.53. The lowest BCUT2D eigenvalue weighted by atomic mass is 9.91. The van der Waals surface area contributed by atoms with Crippen LogP contribution in [0, 0.1) is 5.92 Å². The van der Waals surface area contributed by atoms with Crippen molar-refractivity contribution in [3.8, 4) is 11.4 Å². The predicted molar refractivity (Wildman–Crippen MR) is 191 cm³/mol. The van der Waals surface area contributed by atoms with Crippen LogP contribution in [0.5, 0.6) is 0 Å². The van der Waals surface area contributed by atoms with Crippen LogP contribution in [-0.2, 0) is 22.4 Å². The summed E-state index contributed by atoms with van der Waals surface area (Å²) in [5.41, 5.74) is 9.31. The molecule has 0 aliphatic carbocycles. The third kappa shape index (κ3) is 7.03. The standard InChI is InChI=1S/C37H49ClN8O3/c1-3-25-17-24(19-32(38)34(25)39)18-27(36(48)44-15-9-28(10-16-44)45-23-30-21-31(45)22-42(30)2)20-33(47)43-13-11-29(12-14-43)46-37(49)40-35(41-46)26-7-5-4-6-8-26/h4-8,17,19,27-31H,3,9-16,18,20-23,39H2,1-2H3,(H,40,41,49)/t27-,30?,31?/m0/s1. The first-order valence-electron chi connectivity index (χ1n) is 18.0. The third-order valence-electron chi connectivity index (χ3n) is 11.6. The molecule has 4 saturated heterocycles. The average Bonchev–Trinajstić information content (AvgIpc) is 3.83. The highest BCUT2D eigenvalue weighted by Crippen LogP contribution is 2.35. The molecule has 4 aliphatic rings. The number of hydrogen-bond donors (Lipinski definition) is 2. The average molecular weight is 689 g/mol. The van der Waals surface area contributed by atoms with Gasteiger partial charge in [0.05, 0.1) is 22.7 Å². The molecule has 2 amide bonds. The van der Waals surface area contributed by atoms with Gasteiger partial charge in [0.25, 0.3) is 0 Å². The Labute approximate surface area is 293 Å². The van der Waals surface area contributed by atoms with Crippen molar-refractivity contribution in [1.82, 2.24) is 34.4 Å². The number of fused-ring (bicyclic) bond motifs is 2. The van der Waals surface area contributed by atoms with Crippen molar-refractivity contribution in [2.75, 3.05) is 52.0 Å². The Morgan fingerprint density at radius 3 is 2.31 bits per heavy atom. The number of H-pyrrole nitrogens is 1. The maximum atomic E-state index is 14.2. The van der Waals surface area contributed by atoms with E-state index >= 15 is 0 Å². The van der Waals surface area contributed by atoms with E-state index in [-0.39, 0.29) is 30.0 Å². The molecule has 3 N–H and O–H groups in total. The quantitative estimate of drug-likeness (QED) is 0.328. The molecule has 2 bridgehead atoms. The lowest BCUT2D eigenvalue weighted by Gasteiger charge is -2.42. The van der Waals surface area contributed by atoms with E-state index in [1.807, 2.05) is 59.2 Å². The van der Waals surface area contributed by atoms with Crippen molar-refractivity contribution < 1.29 is 9.59 Å². The van der Waals surface area contributed by atoms with Gasteiger partial charge in [-0.1, -0.05) is 54.9 Å². The fourth-order valence-electron chi connectivity index (χ4n) is 8.71. The summed E-state index contributed by atoms with van der Waals surface area (Å²) in [6, 6.07) is 15.2. The smallest absolute Gasteiger partial charge is 0.343 e. The van der Waals surface area contributed by atoms with E-state index in [1.54, 1.807) is 0 Å². The lowest BCUT2D eigenvalue weighted by Crippen LogP contribution is -2.54. The number of likely N-dealkylation sites (tertiary alicyclic amines) is 4. The van der Waals surface area contributed by atoms with E-state index in [0.717, 1.165) is 62.1 Å². The van der Waals surface area contributed by atoms with Crippen LogP contribution in [0.3, 0.4) is 0 Å². The van der Waals surface area contributed by atoms with Crippen LogP contribution < -0.4 is 11.4 Å². The number of nitrogen functional groups attached to an aromatic ring is 1. The molecule has 7 rings (SSSR count). The molecule has 2 unspecified atom stereocenters. The van der Waals surface area contributed by atoms with Gasteiger partial charge in [-0.15, -0.1) is 5.10 Å². The Kier molecular flexibility index (Phi) is 9.86. The molecule has 0 radical (unpaired) electrons. The number of aromatic amines is 1. The number of carbonyl (C=O) groups is 2. The number of carbonyl (C=O) groups excluding carboxylic acids is 2. The zero-order valence-electron chi connectivity index (χ0n) is 28.7. The zero-order valence-corrected chi connectivity index (χ0v) is 29.4. The van der Waals surface area contributed by atoms with Crippen molar-refractivity contribution >= 4 is 29.1 Å². The number of piperazine rings is 1. The number of nitrogens with one attached hydrogen (secondary N) is 1. The lowest BCUT2D eigenvalue weighted by molar-refractivity contribution is -0.143. The maximum Gasteiger partial charge on any atom is 0.343 e. The molecular weight excluding hydrogens is 640 g/mol. The second-order valence-electron chi connectivity index (χ2n) is 14.5. The number of rotatable bonds is 9. The Bertz CT molecular complexity index is 1710. The van der Waals surface area contributed by atoms with E-state index in [4.69, 9.17) is 17.3 Å². The second kappa shape index (κ2) is 14.3. The van der Waals surface area contributed by atoms with Crippen molar-refractivity contribution in [1.29, 1.82) is 0 Å². The molecule has 12 heteroatoms. The van der Waals surface area contributed by atoms with Gasteiger partial charge in [0.2, 0.25) is 11.8 Å². The molecule has 1 aromatic heterocycles. The SMILES string of the molecule is CCc1cc(C[C@@H](CC(=O)N2CCC(n3nc(-c4ccccc4)[nH]c3=O)CC2)C(=O)N2CCC(N3CC4CC3CN4C)CC2)cc(Cl)c1N. The molecular formula is C37H49ClN8O3. The summed E-state index contributed by atoms with van der Waals surface area (Å²) in [6.45, 7) is 6.77. The maximum absolute atomic E-state index is 14.2. The van der Waals surface area contributed by atoms with Gasteiger partial charge >= 0.3 is 5.69 Å². The van der Waals surface area contributed by atoms with Crippen molar-refractivity contribution in [2.24, 2.45) is 5.92 Å². The molecule has 11 nitrogen and oxygen atoms in total. The van der Waals surface area contributed by atoms with E-state index < -0.39 is 5.92 Å². The summed E-state index contributed by atoms with van der Waals surface area (Å²) in [4.78, 5) is 52.8. The van der Waals surface area contributed by atoms with Gasteiger partial charge in [-0.25, -0.2) is 9.48 Å². The van der Waals surface area contributed by atoms with Crippen LogP contribution in [0.25, 0.3) is 11.4 Å². The summed E-state index contributed by atoms with van der Waals surface area (Å²) < 4.78 is 1.53. The highest BCUT2D eigenvalue weighted by molar-refractivity contribution is 6.33. The van der Waals surface area contributed by atoms with E-state index in [2.05, 4.69) is 26.9 Å². The number of anilines is 1. The highest BCUT2D eigenvalue weighted by atomic mass is 35.5. The van der Waals surface area contributed by atoms with Gasteiger partial charge < -0.3 is 20.4 Å². The fourth-order valence-corrected chi connectivity index (χ4v) is 8.97. The number of aryl methyl sites for hydroxylation is 1. The molecule has 3 atom stereocenters. The Morgan fingerprint density at radius 1 is 0.959 bits per heavy atom. The second-order valence-corrected chi connectivity index (χ2v) is 15.0. The monoisotopic (exact) mass is 688 g/mol. The van der Waals surface area contributed by atoms with Crippen LogP contribution in [0.15, 0.2) is 47.3 Å². The van der Waals surface area contributed by atoms with Gasteiger partial charge in [-0.05, 0) is 69.2 Å². The minimum Gasteiger partial charge on any atom is -0.397 e. The Hall–Kier alpha value is -3.67. The van der Waals surface area contributed by atoms with Crippen LogP contribution in [-0.4, -0.2) is 111 Å². The predicted octanol–water partition coefficient (Wildman–Crippen LogP) is 3.83. The van der Waals surface area contributed by atoms with Crippen molar-refractivity contribution in [3.63, 3.8) is 0 Å². The molecule has 262 valence electrons. The number of nitrogens with zero attached hydrogens (tertiary/aromatic N) is 6. The molecule has 3 aromatic rings. The molecule has 4 fully saturated rings. The minimum atomic E-state index is -0.495. The Balaban J connectivity index is 1.01. The van der Waals surface area contributed by atoms with E-state index in [1.165, 1.54) is 11.1 Å². The number of halogens is 1. The zero-order chi connectivity index (χ0) is 34.2.